The quantitative estimate of drug-likeness (QED) is 0.428. The predicted octanol–water partition coefficient (Wildman–Crippen LogP) is 3.87. The van der Waals surface area contributed by atoms with Gasteiger partial charge in [-0.2, -0.15) is 0 Å². The van der Waals surface area contributed by atoms with Crippen molar-refractivity contribution in [2.24, 2.45) is 0 Å². The van der Waals surface area contributed by atoms with Gasteiger partial charge >= 0.3 is 7.60 Å². The predicted molar refractivity (Wildman–Crippen MR) is 73.1 cm³/mol. The SMILES string of the molecule is COP(=O)(OC)C(OC(O)C(Cl)(Cl)Cl)C(Cl)(Cl)Cl. The van der Waals surface area contributed by atoms with Crippen LogP contribution in [0.2, 0.25) is 0 Å². The van der Waals surface area contributed by atoms with E-state index in [1.54, 1.807) is 0 Å². The second kappa shape index (κ2) is 7.19. The monoisotopic (exact) mass is 402 g/mol. The lowest BCUT2D eigenvalue weighted by atomic mass is 10.7. The number of aliphatic hydroxyl groups is 1. The summed E-state index contributed by atoms with van der Waals surface area (Å²) in [5, 5.41) is 9.45. The summed E-state index contributed by atoms with van der Waals surface area (Å²) in [6.45, 7) is 0. The Morgan fingerprint density at radius 2 is 1.39 bits per heavy atom. The van der Waals surface area contributed by atoms with Gasteiger partial charge in [0.1, 0.15) is 0 Å². The van der Waals surface area contributed by atoms with Gasteiger partial charge in [-0.3, -0.25) is 4.57 Å². The van der Waals surface area contributed by atoms with Crippen molar-refractivity contribution in [3.05, 3.63) is 0 Å². The molecule has 1 N–H and O–H groups in total. The normalized spacial score (nSPS) is 17.6. The van der Waals surface area contributed by atoms with Gasteiger partial charge in [0.15, 0.2) is 0 Å². The minimum atomic E-state index is -3.99. The molecule has 2 unspecified atom stereocenters. The Morgan fingerprint density at radius 1 is 1.00 bits per heavy atom. The van der Waals surface area contributed by atoms with E-state index < -0.39 is 27.3 Å². The molecule has 2 atom stereocenters. The van der Waals surface area contributed by atoms with Gasteiger partial charge in [0.2, 0.25) is 19.7 Å². The zero-order valence-electron chi connectivity index (χ0n) is 8.95. The molecule has 0 saturated carbocycles. The Balaban J connectivity index is 5.24. The smallest absolute Gasteiger partial charge is 0.363 e. The highest BCUT2D eigenvalue weighted by Gasteiger charge is 2.52. The maximum Gasteiger partial charge on any atom is 0.363 e. The number of rotatable bonds is 5. The van der Waals surface area contributed by atoms with Crippen LogP contribution in [0.4, 0.5) is 0 Å². The van der Waals surface area contributed by atoms with E-state index in [4.69, 9.17) is 74.3 Å². The molecule has 18 heavy (non-hydrogen) atoms. The van der Waals surface area contributed by atoms with Crippen LogP contribution in [0.3, 0.4) is 0 Å². The molecule has 0 radical (unpaired) electrons. The van der Waals surface area contributed by atoms with Crippen LogP contribution < -0.4 is 0 Å². The van der Waals surface area contributed by atoms with E-state index in [1.165, 1.54) is 0 Å². The first-order chi connectivity index (χ1) is 7.88. The van der Waals surface area contributed by atoms with Crippen molar-refractivity contribution in [2.45, 2.75) is 19.7 Å². The van der Waals surface area contributed by atoms with Crippen LogP contribution in [-0.2, 0) is 18.3 Å². The van der Waals surface area contributed by atoms with Gasteiger partial charge in [-0.15, -0.1) is 0 Å². The standard InChI is InChI=1S/C6H9Cl6O5P/c1-15-18(14,16-2)4(6(10,11)12)17-3(13)5(7,8)9/h3-4,13H,1-2H3. The highest BCUT2D eigenvalue weighted by atomic mass is 35.6. The molecule has 110 valence electrons. The third-order valence-electron chi connectivity index (χ3n) is 1.61. The second-order valence-electron chi connectivity index (χ2n) is 2.83. The van der Waals surface area contributed by atoms with E-state index in [1.807, 2.05) is 0 Å². The lowest BCUT2D eigenvalue weighted by molar-refractivity contribution is -0.114. The summed E-state index contributed by atoms with van der Waals surface area (Å²) < 4.78 is 21.6. The summed E-state index contributed by atoms with van der Waals surface area (Å²) in [4.78, 5) is 0. The number of ether oxygens (including phenoxy) is 1. The van der Waals surface area contributed by atoms with Crippen molar-refractivity contribution in [1.29, 1.82) is 0 Å². The van der Waals surface area contributed by atoms with Gasteiger partial charge in [-0.1, -0.05) is 69.6 Å². The molecule has 0 aromatic rings. The lowest BCUT2D eigenvalue weighted by Gasteiger charge is -2.32. The number of aliphatic hydroxyl groups excluding tert-OH is 1. The van der Waals surface area contributed by atoms with E-state index in [0.29, 0.717) is 0 Å². The number of halogens is 6. The molecule has 0 spiro atoms. The molecule has 0 saturated heterocycles. The summed E-state index contributed by atoms with van der Waals surface area (Å²) in [5.41, 5.74) is 0. The zero-order valence-corrected chi connectivity index (χ0v) is 14.4. The second-order valence-corrected chi connectivity index (χ2v) is 9.85. The fourth-order valence-corrected chi connectivity index (χ4v) is 3.34. The molecule has 0 fully saturated rings. The Morgan fingerprint density at radius 3 is 1.61 bits per heavy atom. The van der Waals surface area contributed by atoms with Gasteiger partial charge in [0.25, 0.3) is 0 Å². The minimum absolute atomic E-state index is 1.04. The van der Waals surface area contributed by atoms with Crippen molar-refractivity contribution in [2.75, 3.05) is 14.2 Å². The van der Waals surface area contributed by atoms with Crippen LogP contribution in [0.25, 0.3) is 0 Å². The highest BCUT2D eigenvalue weighted by Crippen LogP contribution is 2.60. The van der Waals surface area contributed by atoms with Crippen molar-refractivity contribution in [1.82, 2.24) is 0 Å². The van der Waals surface area contributed by atoms with Gasteiger partial charge < -0.3 is 18.9 Å². The molecular weight excluding hydrogens is 396 g/mol. The molecule has 0 bridgehead atoms. The lowest BCUT2D eigenvalue weighted by Crippen LogP contribution is -2.39. The summed E-state index contributed by atoms with van der Waals surface area (Å²) in [5.74, 6) is -1.80. The average molecular weight is 405 g/mol. The minimum Gasteiger partial charge on any atom is -0.365 e. The molecule has 12 heteroatoms. The summed E-state index contributed by atoms with van der Waals surface area (Å²) in [6.07, 6.45) is -2.01. The van der Waals surface area contributed by atoms with Crippen LogP contribution in [0.1, 0.15) is 0 Å². The zero-order chi connectivity index (χ0) is 14.8. The van der Waals surface area contributed by atoms with E-state index in [-0.39, 0.29) is 0 Å². The Labute approximate surface area is 134 Å². The molecular formula is C6H9Cl6O5P. The van der Waals surface area contributed by atoms with Crippen molar-refractivity contribution in [3.8, 4) is 0 Å². The molecule has 0 heterocycles. The van der Waals surface area contributed by atoms with E-state index in [9.17, 15) is 9.67 Å². The Hall–Kier alpha value is 1.81. The van der Waals surface area contributed by atoms with Crippen LogP contribution in [0.5, 0.6) is 0 Å². The topological polar surface area (TPSA) is 65.0 Å². The van der Waals surface area contributed by atoms with Crippen LogP contribution in [-0.4, -0.2) is 39.0 Å². The summed E-state index contributed by atoms with van der Waals surface area (Å²) in [6, 6.07) is 0. The van der Waals surface area contributed by atoms with Crippen LogP contribution >= 0.6 is 77.2 Å². The largest absolute Gasteiger partial charge is 0.365 e. The number of hydrogen-bond donors (Lipinski definition) is 1. The summed E-state index contributed by atoms with van der Waals surface area (Å²) >= 11 is 32.8. The molecule has 0 rings (SSSR count). The Kier molecular flexibility index (Phi) is 7.91. The summed E-state index contributed by atoms with van der Waals surface area (Å²) in [7, 11) is -1.91. The fourth-order valence-electron chi connectivity index (χ4n) is 0.796. The highest BCUT2D eigenvalue weighted by molar-refractivity contribution is 7.55. The number of alkyl halides is 6. The molecule has 0 aliphatic carbocycles. The van der Waals surface area contributed by atoms with E-state index in [2.05, 4.69) is 9.05 Å². The van der Waals surface area contributed by atoms with Gasteiger partial charge in [-0.05, 0) is 0 Å². The molecule has 5 nitrogen and oxygen atoms in total. The maximum atomic E-state index is 12.1. The molecule has 0 aliphatic heterocycles. The maximum absolute atomic E-state index is 12.1. The fraction of sp³-hybridized carbons (Fsp3) is 1.00. The van der Waals surface area contributed by atoms with Crippen molar-refractivity contribution < 1.29 is 23.5 Å². The van der Waals surface area contributed by atoms with Gasteiger partial charge in [0.05, 0.1) is 0 Å². The Bertz CT molecular complexity index is 307. The van der Waals surface area contributed by atoms with Gasteiger partial charge in [0, 0.05) is 14.2 Å². The van der Waals surface area contributed by atoms with E-state index in [0.717, 1.165) is 14.2 Å². The van der Waals surface area contributed by atoms with Crippen molar-refractivity contribution >= 4 is 77.2 Å². The number of hydrogen-bond acceptors (Lipinski definition) is 5. The van der Waals surface area contributed by atoms with Gasteiger partial charge in [-0.25, -0.2) is 0 Å². The third kappa shape index (κ3) is 5.66. The molecule has 0 aliphatic rings. The van der Waals surface area contributed by atoms with Crippen LogP contribution in [0, 0.1) is 0 Å². The average Bonchev–Trinajstić information content (AvgIpc) is 2.21. The molecule has 0 aromatic heterocycles. The van der Waals surface area contributed by atoms with Crippen LogP contribution in [0.15, 0.2) is 0 Å². The first kappa shape index (κ1) is 19.8. The van der Waals surface area contributed by atoms with E-state index >= 15 is 0 Å². The first-order valence-electron chi connectivity index (χ1n) is 4.06. The van der Waals surface area contributed by atoms with Crippen molar-refractivity contribution in [3.63, 3.8) is 0 Å². The molecule has 0 amide bonds. The first-order valence-corrected chi connectivity index (χ1v) is 7.94. The third-order valence-corrected chi connectivity index (χ3v) is 5.33. The molecule has 0 aromatic carbocycles.